The van der Waals surface area contributed by atoms with Crippen LogP contribution >= 0.6 is 11.6 Å². The van der Waals surface area contributed by atoms with E-state index in [-0.39, 0.29) is 0 Å². The van der Waals surface area contributed by atoms with Gasteiger partial charge in [-0.15, -0.1) is 0 Å². The van der Waals surface area contributed by atoms with Crippen molar-refractivity contribution in [3.63, 3.8) is 0 Å². The molecule has 2 heteroatoms. The molecule has 0 saturated carbocycles. The fourth-order valence-electron chi connectivity index (χ4n) is 2.86. The summed E-state index contributed by atoms with van der Waals surface area (Å²) in [6.07, 6.45) is 5.34. The average molecular weight is 282 g/mol. The van der Waals surface area contributed by atoms with Gasteiger partial charge in [0, 0.05) is 23.7 Å². The quantitative estimate of drug-likeness (QED) is 0.705. The van der Waals surface area contributed by atoms with Crippen molar-refractivity contribution in [2.45, 2.75) is 72.0 Å². The van der Waals surface area contributed by atoms with Crippen molar-refractivity contribution >= 4 is 11.6 Å². The van der Waals surface area contributed by atoms with Crippen LogP contribution in [0.1, 0.15) is 58.9 Å². The zero-order valence-corrected chi connectivity index (χ0v) is 13.6. The Morgan fingerprint density at radius 1 is 1.16 bits per heavy atom. The zero-order chi connectivity index (χ0) is 14.3. The second kappa shape index (κ2) is 8.60. The van der Waals surface area contributed by atoms with Gasteiger partial charge in [0.1, 0.15) is 0 Å². The Labute approximate surface area is 124 Å². The van der Waals surface area contributed by atoms with E-state index in [0.717, 1.165) is 17.6 Å². The lowest BCUT2D eigenvalue weighted by Crippen LogP contribution is -2.44. The second-order valence-electron chi connectivity index (χ2n) is 5.14. The molecule has 0 unspecified atom stereocenters. The first-order valence-corrected chi connectivity index (χ1v) is 8.08. The van der Waals surface area contributed by atoms with E-state index in [2.05, 4.69) is 30.9 Å². The highest BCUT2D eigenvalue weighted by Gasteiger charge is 2.26. The second-order valence-corrected chi connectivity index (χ2v) is 5.58. The standard InChI is InChI=1S/C15H22ClN.C2H6/c1-3-15-6-4-5-12(2)17(15)11-13-7-9-14(16)10-8-13;1-2/h7-10,12,15H,3-6,11H2,1-2H3;1-2H3/t12-,15+;/m1./s1. The van der Waals surface area contributed by atoms with Gasteiger partial charge in [-0.05, 0) is 43.9 Å². The summed E-state index contributed by atoms with van der Waals surface area (Å²) in [5, 5.41) is 0.826. The Hall–Kier alpha value is -0.530. The summed E-state index contributed by atoms with van der Waals surface area (Å²) in [5.41, 5.74) is 1.38. The first kappa shape index (κ1) is 16.5. The van der Waals surface area contributed by atoms with Gasteiger partial charge < -0.3 is 0 Å². The largest absolute Gasteiger partial charge is 0.293 e. The number of benzene rings is 1. The summed E-state index contributed by atoms with van der Waals surface area (Å²) in [6, 6.07) is 9.75. The molecule has 1 aromatic carbocycles. The summed E-state index contributed by atoms with van der Waals surface area (Å²) in [6.45, 7) is 9.73. The van der Waals surface area contributed by atoms with Gasteiger partial charge in [0.2, 0.25) is 0 Å². The predicted molar refractivity (Wildman–Crippen MR) is 85.7 cm³/mol. The van der Waals surface area contributed by atoms with Crippen LogP contribution in [0.15, 0.2) is 24.3 Å². The number of hydrogen-bond donors (Lipinski definition) is 0. The normalized spacial score (nSPS) is 23.6. The number of likely N-dealkylation sites (tertiary alicyclic amines) is 1. The van der Waals surface area contributed by atoms with Crippen molar-refractivity contribution in [3.8, 4) is 0 Å². The minimum atomic E-state index is 0.712. The van der Waals surface area contributed by atoms with Crippen molar-refractivity contribution in [3.05, 3.63) is 34.9 Å². The number of nitrogens with zero attached hydrogens (tertiary/aromatic N) is 1. The first-order chi connectivity index (χ1) is 9.20. The van der Waals surface area contributed by atoms with Gasteiger partial charge in [0.15, 0.2) is 0 Å². The minimum absolute atomic E-state index is 0.712. The molecule has 1 saturated heterocycles. The maximum Gasteiger partial charge on any atom is 0.0406 e. The molecule has 2 rings (SSSR count). The highest BCUT2D eigenvalue weighted by atomic mass is 35.5. The number of rotatable bonds is 3. The van der Waals surface area contributed by atoms with Gasteiger partial charge in [0.05, 0.1) is 0 Å². The number of piperidine rings is 1. The summed E-state index contributed by atoms with van der Waals surface area (Å²) in [4.78, 5) is 2.66. The van der Waals surface area contributed by atoms with E-state index in [1.165, 1.54) is 31.2 Å². The lowest BCUT2D eigenvalue weighted by Gasteiger charge is -2.40. The Morgan fingerprint density at radius 3 is 2.37 bits per heavy atom. The van der Waals surface area contributed by atoms with Crippen LogP contribution in [0.2, 0.25) is 5.02 Å². The fraction of sp³-hybridized carbons (Fsp3) is 0.647. The summed E-state index contributed by atoms with van der Waals surface area (Å²) in [5.74, 6) is 0. The Balaban J connectivity index is 0.000000861. The molecule has 0 spiro atoms. The van der Waals surface area contributed by atoms with Crippen molar-refractivity contribution < 1.29 is 0 Å². The Morgan fingerprint density at radius 2 is 1.79 bits per heavy atom. The lowest BCUT2D eigenvalue weighted by molar-refractivity contribution is 0.0820. The van der Waals surface area contributed by atoms with E-state index in [0.29, 0.717) is 6.04 Å². The summed E-state index contributed by atoms with van der Waals surface area (Å²) >= 11 is 5.93. The van der Waals surface area contributed by atoms with Crippen LogP contribution in [-0.4, -0.2) is 17.0 Å². The van der Waals surface area contributed by atoms with E-state index in [9.17, 15) is 0 Å². The van der Waals surface area contributed by atoms with Crippen molar-refractivity contribution in [1.29, 1.82) is 0 Å². The highest BCUT2D eigenvalue weighted by Crippen LogP contribution is 2.26. The molecular formula is C17H28ClN. The first-order valence-electron chi connectivity index (χ1n) is 7.71. The van der Waals surface area contributed by atoms with Crippen LogP contribution in [0.4, 0.5) is 0 Å². The molecule has 1 aromatic rings. The molecule has 0 radical (unpaired) electrons. The van der Waals surface area contributed by atoms with Gasteiger partial charge in [-0.3, -0.25) is 4.90 Å². The maximum absolute atomic E-state index is 5.93. The van der Waals surface area contributed by atoms with Crippen LogP contribution in [0.25, 0.3) is 0 Å². The molecule has 0 amide bonds. The van der Waals surface area contributed by atoms with Crippen LogP contribution in [0, 0.1) is 0 Å². The van der Waals surface area contributed by atoms with E-state index in [1.807, 2.05) is 26.0 Å². The minimum Gasteiger partial charge on any atom is -0.293 e. The van der Waals surface area contributed by atoms with Crippen LogP contribution < -0.4 is 0 Å². The van der Waals surface area contributed by atoms with Crippen molar-refractivity contribution in [2.75, 3.05) is 0 Å². The van der Waals surface area contributed by atoms with E-state index in [1.54, 1.807) is 0 Å². The van der Waals surface area contributed by atoms with Gasteiger partial charge in [-0.2, -0.15) is 0 Å². The molecule has 1 aliphatic heterocycles. The zero-order valence-electron chi connectivity index (χ0n) is 12.8. The third-order valence-electron chi connectivity index (χ3n) is 3.94. The topological polar surface area (TPSA) is 3.24 Å². The lowest BCUT2D eigenvalue weighted by atomic mass is 9.94. The third kappa shape index (κ3) is 4.81. The number of halogens is 1. The van der Waals surface area contributed by atoms with E-state index in [4.69, 9.17) is 11.6 Å². The molecular weight excluding hydrogens is 254 g/mol. The molecule has 2 atom stereocenters. The average Bonchev–Trinajstić information content (AvgIpc) is 2.45. The van der Waals surface area contributed by atoms with E-state index < -0.39 is 0 Å². The Bertz CT molecular complexity index is 347. The molecule has 0 bridgehead atoms. The van der Waals surface area contributed by atoms with Gasteiger partial charge in [-0.1, -0.05) is 50.9 Å². The van der Waals surface area contributed by atoms with Gasteiger partial charge >= 0.3 is 0 Å². The highest BCUT2D eigenvalue weighted by molar-refractivity contribution is 6.30. The maximum atomic E-state index is 5.93. The molecule has 0 aliphatic carbocycles. The van der Waals surface area contributed by atoms with Crippen LogP contribution in [-0.2, 0) is 6.54 Å². The Kier molecular flexibility index (Phi) is 7.48. The van der Waals surface area contributed by atoms with E-state index >= 15 is 0 Å². The van der Waals surface area contributed by atoms with Crippen LogP contribution in [0.3, 0.4) is 0 Å². The van der Waals surface area contributed by atoms with Crippen molar-refractivity contribution in [2.24, 2.45) is 0 Å². The summed E-state index contributed by atoms with van der Waals surface area (Å²) in [7, 11) is 0. The third-order valence-corrected chi connectivity index (χ3v) is 4.20. The molecule has 1 heterocycles. The van der Waals surface area contributed by atoms with Gasteiger partial charge in [-0.25, -0.2) is 0 Å². The fourth-order valence-corrected chi connectivity index (χ4v) is 2.99. The number of hydrogen-bond acceptors (Lipinski definition) is 1. The van der Waals surface area contributed by atoms with Gasteiger partial charge in [0.25, 0.3) is 0 Å². The van der Waals surface area contributed by atoms with Crippen LogP contribution in [0.5, 0.6) is 0 Å². The molecule has 0 N–H and O–H groups in total. The monoisotopic (exact) mass is 281 g/mol. The smallest absolute Gasteiger partial charge is 0.0406 e. The molecule has 0 aromatic heterocycles. The molecule has 1 fully saturated rings. The van der Waals surface area contributed by atoms with Crippen molar-refractivity contribution in [1.82, 2.24) is 4.90 Å². The summed E-state index contributed by atoms with van der Waals surface area (Å²) < 4.78 is 0. The molecule has 19 heavy (non-hydrogen) atoms. The molecule has 1 aliphatic rings. The SMILES string of the molecule is CC.CC[C@H]1CCC[C@@H](C)N1Cc1ccc(Cl)cc1. The predicted octanol–water partition coefficient (Wildman–Crippen LogP) is 5.52. The molecule has 1 nitrogen and oxygen atoms in total. The molecule has 108 valence electrons.